The summed E-state index contributed by atoms with van der Waals surface area (Å²) in [5, 5.41) is 9.65. The van der Waals surface area contributed by atoms with Crippen LogP contribution in [0.1, 0.15) is 41.5 Å². The standard InChI is InChI=1S/C17H32FO9P/c1-16(2,3)9-22-10-26-28(21,27-11-24-15(20)17(4,5)6)25-8-13-14(19)12(18)7-23-13/h12-14,19H,7-11H2,1-6H3/t12?,13-,14?,28?/m1/s1. The van der Waals surface area contributed by atoms with Crippen LogP contribution in [-0.4, -0.2) is 62.9 Å². The maximum Gasteiger partial charge on any atom is 0.479 e. The molecular formula is C17H32FO9P. The fraction of sp³-hybridized carbons (Fsp3) is 0.941. The molecule has 11 heteroatoms. The Kier molecular flexibility index (Phi) is 9.47. The van der Waals surface area contributed by atoms with Crippen molar-refractivity contribution < 1.29 is 46.6 Å². The van der Waals surface area contributed by atoms with Crippen molar-refractivity contribution in [3.8, 4) is 0 Å². The number of phosphoric ester groups is 1. The van der Waals surface area contributed by atoms with E-state index in [1.807, 2.05) is 20.8 Å². The SMILES string of the molecule is CC(C)(C)COCOP(=O)(OCOC(=O)C(C)(C)C)OC[C@H]1OCC(F)C1O. The van der Waals surface area contributed by atoms with Crippen molar-refractivity contribution in [2.45, 2.75) is 59.9 Å². The molecule has 1 aliphatic heterocycles. The summed E-state index contributed by atoms with van der Waals surface area (Å²) >= 11 is 0. The molecule has 166 valence electrons. The van der Waals surface area contributed by atoms with Crippen LogP contribution in [0, 0.1) is 10.8 Å². The minimum absolute atomic E-state index is 0.144. The molecule has 1 fully saturated rings. The van der Waals surface area contributed by atoms with E-state index in [0.717, 1.165) is 0 Å². The Labute approximate surface area is 165 Å². The number of hydrogen-bond acceptors (Lipinski definition) is 9. The van der Waals surface area contributed by atoms with Crippen LogP contribution in [0.15, 0.2) is 0 Å². The number of phosphoric acid groups is 1. The Hall–Kier alpha value is -0.610. The molecule has 9 nitrogen and oxygen atoms in total. The molecule has 0 spiro atoms. The van der Waals surface area contributed by atoms with Crippen LogP contribution in [0.4, 0.5) is 4.39 Å². The van der Waals surface area contributed by atoms with Gasteiger partial charge in [0, 0.05) is 0 Å². The van der Waals surface area contributed by atoms with Gasteiger partial charge in [-0.15, -0.1) is 0 Å². The first kappa shape index (κ1) is 25.4. The molecule has 0 aliphatic carbocycles. The van der Waals surface area contributed by atoms with Gasteiger partial charge in [-0.3, -0.25) is 13.8 Å². The lowest BCUT2D eigenvalue weighted by Crippen LogP contribution is -2.31. The van der Waals surface area contributed by atoms with Crippen molar-refractivity contribution in [1.82, 2.24) is 0 Å². The number of ether oxygens (including phenoxy) is 3. The molecular weight excluding hydrogens is 398 g/mol. The van der Waals surface area contributed by atoms with Crippen molar-refractivity contribution >= 4 is 13.8 Å². The molecule has 0 aromatic rings. The minimum Gasteiger partial charge on any atom is -0.437 e. The van der Waals surface area contributed by atoms with Crippen LogP contribution in [0.5, 0.6) is 0 Å². The van der Waals surface area contributed by atoms with Gasteiger partial charge in [0.25, 0.3) is 0 Å². The monoisotopic (exact) mass is 430 g/mol. The molecule has 0 aromatic heterocycles. The summed E-state index contributed by atoms with van der Waals surface area (Å²) in [4.78, 5) is 11.8. The lowest BCUT2D eigenvalue weighted by Gasteiger charge is -2.23. The minimum atomic E-state index is -4.22. The predicted molar refractivity (Wildman–Crippen MR) is 97.1 cm³/mol. The van der Waals surface area contributed by atoms with Gasteiger partial charge in [0.2, 0.25) is 6.79 Å². The van der Waals surface area contributed by atoms with Crippen LogP contribution in [0.25, 0.3) is 0 Å². The number of alkyl halides is 1. The Bertz CT molecular complexity index is 544. The highest BCUT2D eigenvalue weighted by molar-refractivity contribution is 7.48. The number of halogens is 1. The Morgan fingerprint density at radius 1 is 1.14 bits per heavy atom. The van der Waals surface area contributed by atoms with Crippen LogP contribution in [0.2, 0.25) is 0 Å². The summed E-state index contributed by atoms with van der Waals surface area (Å²) in [5.41, 5.74) is -0.919. The average molecular weight is 430 g/mol. The number of carbonyl (C=O) groups is 1. The summed E-state index contributed by atoms with van der Waals surface area (Å²) < 4.78 is 56.5. The van der Waals surface area contributed by atoms with E-state index >= 15 is 0 Å². The van der Waals surface area contributed by atoms with Crippen molar-refractivity contribution in [3.05, 3.63) is 0 Å². The Balaban J connectivity index is 2.59. The highest BCUT2D eigenvalue weighted by Crippen LogP contribution is 2.50. The van der Waals surface area contributed by atoms with Gasteiger partial charge in [-0.25, -0.2) is 13.5 Å². The van der Waals surface area contributed by atoms with Gasteiger partial charge in [0.05, 0.1) is 25.2 Å². The summed E-state index contributed by atoms with van der Waals surface area (Å²) in [5.74, 6) is -0.571. The highest BCUT2D eigenvalue weighted by atomic mass is 31.2. The number of esters is 1. The lowest BCUT2D eigenvalue weighted by molar-refractivity contribution is -0.161. The second kappa shape index (κ2) is 10.4. The van der Waals surface area contributed by atoms with Crippen molar-refractivity contribution in [1.29, 1.82) is 0 Å². The van der Waals surface area contributed by atoms with Crippen LogP contribution >= 0.6 is 7.82 Å². The van der Waals surface area contributed by atoms with Crippen LogP contribution in [0.3, 0.4) is 0 Å². The Morgan fingerprint density at radius 3 is 2.25 bits per heavy atom. The van der Waals surface area contributed by atoms with Gasteiger partial charge in [0.1, 0.15) is 12.2 Å². The number of aliphatic hydroxyl groups is 1. The molecule has 3 unspecified atom stereocenters. The molecule has 28 heavy (non-hydrogen) atoms. The predicted octanol–water partition coefficient (Wildman–Crippen LogP) is 2.81. The third kappa shape index (κ3) is 9.26. The summed E-state index contributed by atoms with van der Waals surface area (Å²) in [7, 11) is -4.22. The first-order chi connectivity index (χ1) is 12.7. The van der Waals surface area contributed by atoms with Crippen molar-refractivity contribution in [2.75, 3.05) is 33.4 Å². The zero-order chi connectivity index (χ0) is 21.6. The molecule has 4 atom stereocenters. The van der Waals surface area contributed by atoms with E-state index < -0.39 is 57.8 Å². The number of carbonyl (C=O) groups excluding carboxylic acids is 1. The van der Waals surface area contributed by atoms with Crippen LogP contribution in [-0.2, 0) is 37.1 Å². The van der Waals surface area contributed by atoms with E-state index in [1.165, 1.54) is 0 Å². The molecule has 0 aromatic carbocycles. The van der Waals surface area contributed by atoms with E-state index in [4.69, 9.17) is 27.8 Å². The van der Waals surface area contributed by atoms with Gasteiger partial charge in [-0.2, -0.15) is 0 Å². The normalized spacial score (nSPS) is 25.5. The molecule has 1 saturated heterocycles. The van der Waals surface area contributed by atoms with Crippen molar-refractivity contribution in [3.63, 3.8) is 0 Å². The zero-order valence-electron chi connectivity index (χ0n) is 17.3. The molecule has 1 heterocycles. The molecule has 0 saturated carbocycles. The van der Waals surface area contributed by atoms with Crippen LogP contribution < -0.4 is 0 Å². The fourth-order valence-electron chi connectivity index (χ4n) is 1.88. The van der Waals surface area contributed by atoms with Gasteiger partial charge in [-0.05, 0) is 26.2 Å². The first-order valence-electron chi connectivity index (χ1n) is 8.96. The molecule has 1 aliphatic rings. The summed E-state index contributed by atoms with van der Waals surface area (Å²) in [6.45, 7) is 9.28. The third-order valence-electron chi connectivity index (χ3n) is 3.46. The smallest absolute Gasteiger partial charge is 0.437 e. The van der Waals surface area contributed by atoms with Gasteiger partial charge < -0.3 is 19.3 Å². The topological polar surface area (TPSA) is 110 Å². The van der Waals surface area contributed by atoms with Gasteiger partial charge in [-0.1, -0.05) is 20.8 Å². The summed E-state index contributed by atoms with van der Waals surface area (Å²) in [6.07, 6.45) is -4.00. The molecule has 0 bridgehead atoms. The largest absolute Gasteiger partial charge is 0.479 e. The molecule has 1 rings (SSSR count). The van der Waals surface area contributed by atoms with E-state index in [9.17, 15) is 18.9 Å². The van der Waals surface area contributed by atoms with E-state index in [-0.39, 0.29) is 12.0 Å². The Morgan fingerprint density at radius 2 is 1.75 bits per heavy atom. The third-order valence-corrected chi connectivity index (χ3v) is 4.77. The molecule has 0 amide bonds. The second-order valence-corrected chi connectivity index (χ2v) is 10.4. The molecule has 1 N–H and O–H groups in total. The fourth-order valence-corrected chi connectivity index (χ4v) is 2.82. The highest BCUT2D eigenvalue weighted by Gasteiger charge is 2.39. The second-order valence-electron chi connectivity index (χ2n) is 8.71. The average Bonchev–Trinajstić information content (AvgIpc) is 2.87. The zero-order valence-corrected chi connectivity index (χ0v) is 18.2. The number of hydrogen-bond donors (Lipinski definition) is 1. The lowest BCUT2D eigenvalue weighted by atomic mass is 9.98. The summed E-state index contributed by atoms with van der Waals surface area (Å²) in [6, 6.07) is 0. The van der Waals surface area contributed by atoms with Gasteiger partial charge >= 0.3 is 13.8 Å². The first-order valence-corrected chi connectivity index (χ1v) is 10.4. The van der Waals surface area contributed by atoms with E-state index in [2.05, 4.69) is 0 Å². The quantitative estimate of drug-likeness (QED) is 0.242. The van der Waals surface area contributed by atoms with Crippen molar-refractivity contribution in [2.24, 2.45) is 10.8 Å². The van der Waals surface area contributed by atoms with Gasteiger partial charge in [0.15, 0.2) is 13.0 Å². The van der Waals surface area contributed by atoms with E-state index in [1.54, 1.807) is 20.8 Å². The number of aliphatic hydroxyl groups excluding tert-OH is 1. The number of rotatable bonds is 10. The maximum atomic E-state index is 13.3. The maximum absolute atomic E-state index is 13.3. The molecule has 0 radical (unpaired) electrons. The van der Waals surface area contributed by atoms with E-state index in [0.29, 0.717) is 6.61 Å².